The van der Waals surface area contributed by atoms with Crippen LogP contribution in [0.4, 0.5) is 13.2 Å². The number of carbonyl (C=O) groups excluding carboxylic acids is 2. The van der Waals surface area contributed by atoms with Gasteiger partial charge in [-0.1, -0.05) is 11.6 Å². The number of aromatic nitrogens is 3. The minimum atomic E-state index is -4.71. The third kappa shape index (κ3) is 4.36. The zero-order valence-corrected chi connectivity index (χ0v) is 18.0. The van der Waals surface area contributed by atoms with E-state index >= 15 is 0 Å². The Morgan fingerprint density at radius 3 is 2.79 bits per heavy atom. The van der Waals surface area contributed by atoms with Crippen molar-refractivity contribution in [2.75, 3.05) is 0 Å². The van der Waals surface area contributed by atoms with Crippen LogP contribution in [-0.4, -0.2) is 38.8 Å². The summed E-state index contributed by atoms with van der Waals surface area (Å²) in [5.41, 5.74) is 0.901. The minimum absolute atomic E-state index is 0.0353. The number of hydrogen-bond donors (Lipinski definition) is 1. The van der Waals surface area contributed by atoms with Gasteiger partial charge in [0.2, 0.25) is 0 Å². The van der Waals surface area contributed by atoms with Crippen LogP contribution in [0.1, 0.15) is 39.0 Å². The molecule has 0 fully saturated rings. The smallest absolute Gasteiger partial charge is 0.425 e. The third-order valence-corrected chi connectivity index (χ3v) is 5.25. The molecule has 8 nitrogen and oxygen atoms in total. The van der Waals surface area contributed by atoms with Crippen LogP contribution < -0.4 is 5.32 Å². The predicted octanol–water partition coefficient (Wildman–Crippen LogP) is 4.47. The van der Waals surface area contributed by atoms with Crippen LogP contribution in [-0.2, 0) is 11.3 Å². The lowest BCUT2D eigenvalue weighted by Crippen LogP contribution is -2.30. The van der Waals surface area contributed by atoms with Gasteiger partial charge in [-0.15, -0.1) is 0 Å². The van der Waals surface area contributed by atoms with Gasteiger partial charge < -0.3 is 14.5 Å². The summed E-state index contributed by atoms with van der Waals surface area (Å²) in [6.45, 7) is 2.23. The Labute approximate surface area is 189 Å². The first-order chi connectivity index (χ1) is 15.6. The number of benzene rings is 1. The summed E-state index contributed by atoms with van der Waals surface area (Å²) >= 11 is 6.38. The highest BCUT2D eigenvalue weighted by Crippen LogP contribution is 2.34. The fraction of sp³-hybridized carbons (Fsp3) is 0.238. The van der Waals surface area contributed by atoms with E-state index in [-0.39, 0.29) is 34.0 Å². The summed E-state index contributed by atoms with van der Waals surface area (Å²) in [7, 11) is 0. The lowest BCUT2D eigenvalue weighted by molar-refractivity contribution is -0.198. The Morgan fingerprint density at radius 1 is 1.30 bits per heavy atom. The molecule has 1 atom stereocenters. The molecule has 0 aliphatic heterocycles. The van der Waals surface area contributed by atoms with Crippen LogP contribution in [0.2, 0.25) is 5.02 Å². The summed E-state index contributed by atoms with van der Waals surface area (Å²) in [6.07, 6.45) is -2.49. The van der Waals surface area contributed by atoms with Gasteiger partial charge in [0.15, 0.2) is 17.3 Å². The van der Waals surface area contributed by atoms with Crippen LogP contribution in [0.3, 0.4) is 0 Å². The van der Waals surface area contributed by atoms with Gasteiger partial charge in [0.1, 0.15) is 16.9 Å². The Hall–Kier alpha value is -3.60. The maximum absolute atomic E-state index is 12.8. The molecule has 0 aliphatic rings. The zero-order chi connectivity index (χ0) is 23.9. The molecule has 0 spiro atoms. The monoisotopic (exact) mass is 480 g/mol. The van der Waals surface area contributed by atoms with E-state index in [2.05, 4.69) is 20.1 Å². The topological polar surface area (TPSA) is 98.7 Å². The molecular formula is C21H16ClF3N4O4. The lowest BCUT2D eigenvalue weighted by atomic mass is 10.1. The van der Waals surface area contributed by atoms with Crippen molar-refractivity contribution in [3.8, 4) is 0 Å². The van der Waals surface area contributed by atoms with Crippen molar-refractivity contribution in [1.29, 1.82) is 0 Å². The molecule has 1 amide bonds. The molecule has 0 saturated heterocycles. The van der Waals surface area contributed by atoms with Crippen molar-refractivity contribution in [2.45, 2.75) is 32.7 Å². The molecule has 12 heteroatoms. The predicted molar refractivity (Wildman–Crippen MR) is 111 cm³/mol. The summed E-state index contributed by atoms with van der Waals surface area (Å²) in [6, 6.07) is 4.63. The van der Waals surface area contributed by atoms with Crippen LogP contribution in [0, 0.1) is 6.92 Å². The number of carbonyl (C=O) groups is 2. The van der Waals surface area contributed by atoms with Gasteiger partial charge in [-0.3, -0.25) is 4.79 Å². The molecule has 3 aromatic heterocycles. The van der Waals surface area contributed by atoms with E-state index in [1.165, 1.54) is 23.0 Å². The third-order valence-electron chi connectivity index (χ3n) is 4.84. The first-order valence-electron chi connectivity index (χ1n) is 9.62. The summed E-state index contributed by atoms with van der Waals surface area (Å²) in [5.74, 6) is -1.57. The van der Waals surface area contributed by atoms with Crippen molar-refractivity contribution in [3.63, 3.8) is 0 Å². The fourth-order valence-corrected chi connectivity index (χ4v) is 3.41. The summed E-state index contributed by atoms with van der Waals surface area (Å²) in [4.78, 5) is 29.1. The van der Waals surface area contributed by atoms with Gasteiger partial charge >= 0.3 is 12.1 Å². The maximum Gasteiger partial charge on any atom is 0.425 e. The number of alkyl halides is 3. The van der Waals surface area contributed by atoms with E-state index in [1.54, 1.807) is 25.3 Å². The number of nitrogens with zero attached hydrogens (tertiary/aromatic N) is 3. The van der Waals surface area contributed by atoms with E-state index < -0.39 is 24.2 Å². The van der Waals surface area contributed by atoms with Gasteiger partial charge in [0.25, 0.3) is 5.91 Å². The molecule has 0 saturated carbocycles. The average molecular weight is 481 g/mol. The van der Waals surface area contributed by atoms with Crippen LogP contribution in [0.5, 0.6) is 0 Å². The second kappa shape index (κ2) is 8.39. The fourth-order valence-electron chi connectivity index (χ4n) is 3.16. The van der Waals surface area contributed by atoms with Crippen molar-refractivity contribution in [3.05, 3.63) is 64.3 Å². The van der Waals surface area contributed by atoms with E-state index in [0.717, 1.165) is 6.92 Å². The van der Waals surface area contributed by atoms with Crippen molar-refractivity contribution in [2.24, 2.45) is 0 Å². The lowest BCUT2D eigenvalue weighted by Gasteiger charge is -2.16. The normalized spacial score (nSPS) is 12.8. The second-order valence-electron chi connectivity index (χ2n) is 7.25. The highest BCUT2D eigenvalue weighted by Gasteiger charge is 2.39. The molecular weight excluding hydrogens is 465 g/mol. The second-order valence-corrected chi connectivity index (χ2v) is 7.62. The molecule has 172 valence electrons. The molecule has 0 bridgehead atoms. The molecule has 1 aromatic carbocycles. The molecule has 0 radical (unpaired) electrons. The summed E-state index contributed by atoms with van der Waals surface area (Å²) < 4.78 is 50.1. The van der Waals surface area contributed by atoms with Gasteiger partial charge in [-0.25, -0.2) is 14.3 Å². The quantitative estimate of drug-likeness (QED) is 0.423. The number of nitrogens with one attached hydrogen (secondary N) is 1. The summed E-state index contributed by atoms with van der Waals surface area (Å²) in [5, 5.41) is 7.10. The number of esters is 1. The number of rotatable bonds is 5. The molecule has 33 heavy (non-hydrogen) atoms. The average Bonchev–Trinajstić information content (AvgIpc) is 3.32. The Kier molecular flexibility index (Phi) is 5.75. The molecule has 4 aromatic rings. The number of ether oxygens (including phenoxy) is 1. The molecule has 0 aliphatic carbocycles. The largest absolute Gasteiger partial charge is 0.457 e. The van der Waals surface area contributed by atoms with E-state index in [4.69, 9.17) is 16.0 Å². The molecule has 3 heterocycles. The number of amides is 1. The Balaban J connectivity index is 1.60. The highest BCUT2D eigenvalue weighted by molar-refractivity contribution is 6.36. The van der Waals surface area contributed by atoms with Crippen molar-refractivity contribution in [1.82, 2.24) is 19.9 Å². The molecule has 4 rings (SSSR count). The Bertz CT molecular complexity index is 1380. The number of fused-ring (bicyclic) bond motifs is 2. The molecule has 0 unspecified atom stereocenters. The first kappa shape index (κ1) is 22.6. The van der Waals surface area contributed by atoms with Gasteiger partial charge in [0.05, 0.1) is 17.8 Å². The van der Waals surface area contributed by atoms with Gasteiger partial charge in [-0.2, -0.15) is 18.3 Å². The van der Waals surface area contributed by atoms with Gasteiger partial charge in [-0.05, 0) is 37.6 Å². The van der Waals surface area contributed by atoms with Gasteiger partial charge in [0, 0.05) is 17.8 Å². The van der Waals surface area contributed by atoms with E-state index in [9.17, 15) is 22.8 Å². The standard InChI is InChI=1S/C21H16ClF3N4O4/c1-10-6-12-16(22)15(9-27-19(30)14-8-28-29-5-3-4-26-18(14)29)33-17(12)13(7-10)20(31)32-11(2)21(23,24)25/h3-8,11H,9H2,1-2H3,(H,27,30)/t11-/m0/s1. The van der Waals surface area contributed by atoms with Crippen molar-refractivity contribution >= 4 is 40.1 Å². The Morgan fingerprint density at radius 2 is 2.06 bits per heavy atom. The van der Waals surface area contributed by atoms with Crippen molar-refractivity contribution < 1.29 is 31.9 Å². The number of furan rings is 1. The molecule has 1 N–H and O–H groups in total. The van der Waals surface area contributed by atoms with Crippen LogP contribution in [0.25, 0.3) is 16.6 Å². The van der Waals surface area contributed by atoms with Crippen LogP contribution >= 0.6 is 11.6 Å². The number of aryl methyl sites for hydroxylation is 1. The first-order valence-corrected chi connectivity index (χ1v) is 10.00. The minimum Gasteiger partial charge on any atom is -0.457 e. The van der Waals surface area contributed by atoms with Crippen LogP contribution in [0.15, 0.2) is 41.2 Å². The SMILES string of the molecule is Cc1cc(C(=O)O[C@@H](C)C(F)(F)F)c2oc(CNC(=O)c3cnn4cccnc34)c(Cl)c2c1. The number of hydrogen-bond acceptors (Lipinski definition) is 6. The van der Waals surface area contributed by atoms with E-state index in [0.29, 0.717) is 16.6 Å². The zero-order valence-electron chi connectivity index (χ0n) is 17.2. The highest BCUT2D eigenvalue weighted by atomic mass is 35.5. The number of halogens is 4. The maximum atomic E-state index is 12.8. The van der Waals surface area contributed by atoms with E-state index in [1.807, 2.05) is 0 Å².